The summed E-state index contributed by atoms with van der Waals surface area (Å²) < 4.78 is 30.2. The minimum Gasteiger partial charge on any atom is -0.756 e. The second-order valence-electron chi connectivity index (χ2n) is 20.8. The van der Waals surface area contributed by atoms with Crippen LogP contribution < -0.4 is 10.2 Å². The van der Waals surface area contributed by atoms with Crippen molar-refractivity contribution in [2.45, 2.75) is 245 Å². The van der Waals surface area contributed by atoms with Gasteiger partial charge in [0.1, 0.15) is 19.3 Å². The number of nitrogens with one attached hydrogen (secondary N) is 1. The lowest BCUT2D eigenvalue weighted by Crippen LogP contribution is -2.47. The average Bonchev–Trinajstić information content (AvgIpc) is 3.36. The first-order chi connectivity index (χ1) is 35.9. The van der Waals surface area contributed by atoms with Crippen LogP contribution in [0.25, 0.3) is 0 Å². The van der Waals surface area contributed by atoms with Gasteiger partial charge in [-0.3, -0.25) is 14.2 Å². The quantitative estimate of drug-likeness (QED) is 0.0212. The molecule has 0 radical (unpaired) electrons. The Morgan fingerprint density at radius 1 is 0.473 bits per heavy atom. The minimum atomic E-state index is -4.72. The Morgan fingerprint density at radius 3 is 1.28 bits per heavy atom. The summed E-state index contributed by atoms with van der Waals surface area (Å²) >= 11 is 0. The number of carbonyl (C=O) groups excluding carboxylic acids is 2. The van der Waals surface area contributed by atoms with Crippen molar-refractivity contribution in [1.82, 2.24) is 5.32 Å². The highest BCUT2D eigenvalue weighted by atomic mass is 31.2. The van der Waals surface area contributed by atoms with Crippen molar-refractivity contribution < 1.29 is 37.3 Å². The van der Waals surface area contributed by atoms with E-state index >= 15 is 0 Å². The van der Waals surface area contributed by atoms with E-state index in [1.165, 1.54) is 103 Å². The Labute approximate surface area is 455 Å². The first-order valence-electron chi connectivity index (χ1n) is 29.7. The number of rotatable bonds is 52. The number of allylic oxidation sites excluding steroid dienone is 17. The van der Waals surface area contributed by atoms with Gasteiger partial charge in [-0.15, -0.1) is 0 Å². The molecule has 74 heavy (non-hydrogen) atoms. The van der Waals surface area contributed by atoms with E-state index in [0.717, 1.165) is 83.5 Å². The van der Waals surface area contributed by atoms with E-state index < -0.39 is 32.5 Å². The Morgan fingerprint density at radius 2 is 0.838 bits per heavy atom. The van der Waals surface area contributed by atoms with Crippen molar-refractivity contribution in [3.05, 3.63) is 109 Å². The first kappa shape index (κ1) is 70.7. The zero-order valence-corrected chi connectivity index (χ0v) is 49.1. The van der Waals surface area contributed by atoms with Gasteiger partial charge >= 0.3 is 5.97 Å². The minimum absolute atomic E-state index is 0.0427. The van der Waals surface area contributed by atoms with Gasteiger partial charge in [-0.1, -0.05) is 214 Å². The van der Waals surface area contributed by atoms with Crippen LogP contribution in [0.4, 0.5) is 0 Å². The third-order valence-corrected chi connectivity index (χ3v) is 13.4. The molecule has 0 aliphatic rings. The SMILES string of the molecule is CCCCC/C=C\C/C=C\C/C=C\C/C=C\CCCCCC(=O)NC(COP(=O)([O-])OCC[N+](C)(C)C)C(/C=C/CCCCCCCCCCCC)OC(=O)CCC/C=C\C/C=C\C/C=C\C/C=C\CCCCC. The monoisotopic (exact) mass is 1050 g/mol. The topological polar surface area (TPSA) is 114 Å². The van der Waals surface area contributed by atoms with E-state index in [9.17, 15) is 19.0 Å². The Balaban J connectivity index is 5.48. The van der Waals surface area contributed by atoms with Crippen LogP contribution in [0, 0.1) is 0 Å². The van der Waals surface area contributed by atoms with Crippen LogP contribution in [-0.4, -0.2) is 69.4 Å². The fourth-order valence-corrected chi connectivity index (χ4v) is 8.51. The zero-order chi connectivity index (χ0) is 54.3. The number of quaternary nitrogens is 1. The zero-order valence-electron chi connectivity index (χ0n) is 48.3. The molecular weight excluding hydrogens is 940 g/mol. The van der Waals surface area contributed by atoms with E-state index in [4.69, 9.17) is 13.8 Å². The normalized spacial score (nSPS) is 14.5. The molecule has 0 bridgehead atoms. The number of unbranched alkanes of at least 4 members (excludes halogenated alkanes) is 20. The van der Waals surface area contributed by atoms with E-state index in [1.54, 1.807) is 6.08 Å². The molecule has 0 aromatic rings. The van der Waals surface area contributed by atoms with Gasteiger partial charge in [-0.05, 0) is 115 Å². The highest BCUT2D eigenvalue weighted by Crippen LogP contribution is 2.38. The molecule has 0 aromatic heterocycles. The van der Waals surface area contributed by atoms with Crippen LogP contribution in [0.1, 0.15) is 233 Å². The van der Waals surface area contributed by atoms with E-state index in [1.807, 2.05) is 27.2 Å². The molecule has 0 aliphatic carbocycles. The maximum Gasteiger partial charge on any atom is 0.306 e. The third-order valence-electron chi connectivity index (χ3n) is 12.4. The standard InChI is InChI=1S/C64H111N2O7P/c1-7-10-13-16-19-22-25-28-30-32-33-35-36-38-41-44-47-50-53-56-63(67)65-61(60-72-74(69,70)71-59-58-66(4,5)6)62(55-52-49-46-43-40-27-24-21-18-15-12-9-3)73-64(68)57-54-51-48-45-42-39-37-34-31-29-26-23-20-17-14-11-8-2/h19-20,22-23,28-31,33,35,37-39,41,45,48,52,55,61-62H,7-18,21,24-27,32,34,36,40,42-44,46-47,49-51,53-54,56-60H2,1-6H3,(H-,65,67,69,70)/b22-19-,23-20-,30-28-,31-29-,35-33-,39-37-,41-38-,48-45-,55-52+. The van der Waals surface area contributed by atoms with Crippen LogP contribution >= 0.6 is 7.82 Å². The maximum atomic E-state index is 13.5. The van der Waals surface area contributed by atoms with Crippen molar-refractivity contribution in [2.75, 3.05) is 40.9 Å². The molecule has 424 valence electrons. The maximum absolute atomic E-state index is 13.5. The summed E-state index contributed by atoms with van der Waals surface area (Å²) in [6.07, 6.45) is 72.0. The number of hydrogen-bond acceptors (Lipinski definition) is 7. The van der Waals surface area contributed by atoms with Gasteiger partial charge in [0.25, 0.3) is 7.82 Å². The highest BCUT2D eigenvalue weighted by Gasteiger charge is 2.27. The molecule has 0 spiro atoms. The molecular formula is C64H111N2O7P. The largest absolute Gasteiger partial charge is 0.756 e. The van der Waals surface area contributed by atoms with Gasteiger partial charge in [-0.25, -0.2) is 0 Å². The Hall–Kier alpha value is -3.33. The molecule has 3 atom stereocenters. The fourth-order valence-electron chi connectivity index (χ4n) is 7.79. The Kier molecular flexibility index (Phi) is 50.7. The summed E-state index contributed by atoms with van der Waals surface area (Å²) in [6.45, 7) is 6.70. The van der Waals surface area contributed by atoms with Crippen LogP contribution in [0.5, 0.6) is 0 Å². The first-order valence-corrected chi connectivity index (χ1v) is 31.2. The van der Waals surface area contributed by atoms with Gasteiger partial charge < -0.3 is 28.5 Å². The van der Waals surface area contributed by atoms with Crippen LogP contribution in [0.2, 0.25) is 0 Å². The van der Waals surface area contributed by atoms with Crippen LogP contribution in [-0.2, 0) is 27.9 Å². The third kappa shape index (κ3) is 53.5. The van der Waals surface area contributed by atoms with E-state index in [0.29, 0.717) is 23.9 Å². The lowest BCUT2D eigenvalue weighted by atomic mass is 10.1. The van der Waals surface area contributed by atoms with Gasteiger partial charge in [0.2, 0.25) is 5.91 Å². The lowest BCUT2D eigenvalue weighted by Gasteiger charge is -2.30. The number of likely N-dealkylation sites (N-methyl/N-ethyl adjacent to an activating group) is 1. The number of carbonyl (C=O) groups is 2. The van der Waals surface area contributed by atoms with Crippen LogP contribution in [0.3, 0.4) is 0 Å². The fraction of sp³-hybridized carbons (Fsp3) is 0.688. The van der Waals surface area contributed by atoms with Crippen molar-refractivity contribution in [1.29, 1.82) is 0 Å². The second-order valence-corrected chi connectivity index (χ2v) is 22.2. The van der Waals surface area contributed by atoms with E-state index in [-0.39, 0.29) is 25.4 Å². The summed E-state index contributed by atoms with van der Waals surface area (Å²) in [5.41, 5.74) is 0. The van der Waals surface area contributed by atoms with Crippen molar-refractivity contribution in [2.24, 2.45) is 0 Å². The summed E-state index contributed by atoms with van der Waals surface area (Å²) in [5.74, 6) is -0.650. The lowest BCUT2D eigenvalue weighted by molar-refractivity contribution is -0.870. The molecule has 0 saturated carbocycles. The number of ether oxygens (including phenoxy) is 1. The molecule has 0 fully saturated rings. The molecule has 0 aromatic carbocycles. The number of phosphoric acid groups is 1. The Bertz CT molecular complexity index is 1640. The highest BCUT2D eigenvalue weighted by molar-refractivity contribution is 7.45. The molecule has 1 amide bonds. The molecule has 0 heterocycles. The number of esters is 1. The van der Waals surface area contributed by atoms with E-state index in [2.05, 4.69) is 123 Å². The molecule has 10 heteroatoms. The van der Waals surface area contributed by atoms with Crippen LogP contribution in [0.15, 0.2) is 109 Å². The van der Waals surface area contributed by atoms with Gasteiger partial charge in [0.15, 0.2) is 0 Å². The second kappa shape index (κ2) is 53.1. The van der Waals surface area contributed by atoms with Crippen molar-refractivity contribution >= 4 is 19.7 Å². The molecule has 0 aliphatic heterocycles. The predicted octanol–water partition coefficient (Wildman–Crippen LogP) is 17.5. The number of phosphoric ester groups is 1. The summed E-state index contributed by atoms with van der Waals surface area (Å²) in [7, 11) is 1.12. The average molecular weight is 1050 g/mol. The summed E-state index contributed by atoms with van der Waals surface area (Å²) in [6, 6.07) is -0.933. The number of nitrogens with zero attached hydrogens (tertiary/aromatic N) is 1. The predicted molar refractivity (Wildman–Crippen MR) is 316 cm³/mol. The van der Waals surface area contributed by atoms with Crippen molar-refractivity contribution in [3.8, 4) is 0 Å². The molecule has 0 saturated heterocycles. The number of hydrogen-bond donors (Lipinski definition) is 1. The van der Waals surface area contributed by atoms with Gasteiger partial charge in [0.05, 0.1) is 33.8 Å². The van der Waals surface area contributed by atoms with Gasteiger partial charge in [-0.2, -0.15) is 0 Å². The van der Waals surface area contributed by atoms with Crippen molar-refractivity contribution in [3.63, 3.8) is 0 Å². The molecule has 0 rings (SSSR count). The van der Waals surface area contributed by atoms with Gasteiger partial charge in [0, 0.05) is 12.8 Å². The summed E-state index contributed by atoms with van der Waals surface area (Å²) in [5, 5.41) is 2.99. The molecule has 9 nitrogen and oxygen atoms in total. The molecule has 1 N–H and O–H groups in total. The number of amides is 1. The summed E-state index contributed by atoms with van der Waals surface area (Å²) in [4.78, 5) is 39.9. The smallest absolute Gasteiger partial charge is 0.306 e. The molecule has 3 unspecified atom stereocenters.